The van der Waals surface area contributed by atoms with Crippen LogP contribution >= 0.6 is 0 Å². The summed E-state index contributed by atoms with van der Waals surface area (Å²) in [6, 6.07) is 12.8. The zero-order valence-corrected chi connectivity index (χ0v) is 16.3. The number of aromatic nitrogens is 2. The molecule has 2 aliphatic rings. The van der Waals surface area contributed by atoms with Crippen molar-refractivity contribution in [2.24, 2.45) is 5.41 Å². The number of piperidine rings is 2. The van der Waals surface area contributed by atoms with Gasteiger partial charge in [-0.3, -0.25) is 9.48 Å². The van der Waals surface area contributed by atoms with Gasteiger partial charge in [-0.2, -0.15) is 5.10 Å². The summed E-state index contributed by atoms with van der Waals surface area (Å²) in [5.74, 6) is 0.871. The van der Waals surface area contributed by atoms with Crippen molar-refractivity contribution in [1.82, 2.24) is 19.6 Å². The number of aryl methyl sites for hydroxylation is 1. The van der Waals surface area contributed by atoms with E-state index in [1.807, 2.05) is 16.9 Å². The Morgan fingerprint density at radius 3 is 2.67 bits per heavy atom. The topological polar surface area (TPSA) is 41.4 Å². The molecule has 1 aromatic carbocycles. The third-order valence-electron chi connectivity index (χ3n) is 6.38. The molecule has 0 unspecified atom stereocenters. The third kappa shape index (κ3) is 4.24. The molecule has 1 aromatic heterocycles. The molecule has 0 radical (unpaired) electrons. The lowest BCUT2D eigenvalue weighted by molar-refractivity contribution is -0.134. The van der Waals surface area contributed by atoms with Gasteiger partial charge >= 0.3 is 0 Å². The van der Waals surface area contributed by atoms with Gasteiger partial charge in [0.15, 0.2) is 0 Å². The Morgan fingerprint density at radius 2 is 1.96 bits per heavy atom. The van der Waals surface area contributed by atoms with Gasteiger partial charge in [0.1, 0.15) is 0 Å². The fourth-order valence-corrected chi connectivity index (χ4v) is 5.01. The van der Waals surface area contributed by atoms with Crippen LogP contribution in [0.15, 0.2) is 48.8 Å². The maximum Gasteiger partial charge on any atom is 0.224 e. The maximum absolute atomic E-state index is 12.6. The van der Waals surface area contributed by atoms with Crippen molar-refractivity contribution in [2.75, 3.05) is 33.2 Å². The molecule has 2 aliphatic heterocycles. The number of likely N-dealkylation sites (tertiary alicyclic amines) is 2. The molecule has 4 rings (SSSR count). The van der Waals surface area contributed by atoms with Crippen molar-refractivity contribution in [3.63, 3.8) is 0 Å². The van der Waals surface area contributed by atoms with Crippen molar-refractivity contribution in [2.45, 2.75) is 38.1 Å². The molecule has 1 atom stereocenters. The average Bonchev–Trinajstić information content (AvgIpc) is 3.20. The average molecular weight is 367 g/mol. The van der Waals surface area contributed by atoms with Crippen LogP contribution in [-0.2, 0) is 11.3 Å². The van der Waals surface area contributed by atoms with Crippen LogP contribution in [-0.4, -0.2) is 58.7 Å². The number of carbonyl (C=O) groups is 1. The largest absolute Gasteiger partial charge is 0.343 e. The monoisotopic (exact) mass is 366 g/mol. The van der Waals surface area contributed by atoms with Crippen molar-refractivity contribution < 1.29 is 4.79 Å². The van der Waals surface area contributed by atoms with E-state index in [0.717, 1.165) is 39.0 Å². The lowest BCUT2D eigenvalue weighted by Crippen LogP contribution is -2.51. The Bertz CT molecular complexity index is 735. The zero-order chi connectivity index (χ0) is 18.7. The highest BCUT2D eigenvalue weighted by atomic mass is 16.2. The molecule has 2 saturated heterocycles. The SMILES string of the molecule is CN1C[C@@H](c2ccccc2)CC2(CCN(C(=O)CCn3cccn3)CC2)C1. The highest BCUT2D eigenvalue weighted by molar-refractivity contribution is 5.76. The van der Waals surface area contributed by atoms with Gasteiger partial charge in [-0.25, -0.2) is 0 Å². The molecule has 2 fully saturated rings. The predicted molar refractivity (Wildman–Crippen MR) is 106 cm³/mol. The quantitative estimate of drug-likeness (QED) is 0.835. The molecular weight excluding hydrogens is 336 g/mol. The van der Waals surface area contributed by atoms with E-state index in [9.17, 15) is 4.79 Å². The zero-order valence-electron chi connectivity index (χ0n) is 16.3. The predicted octanol–water partition coefficient (Wildman–Crippen LogP) is 3.00. The van der Waals surface area contributed by atoms with Crippen LogP contribution in [0.1, 0.15) is 37.2 Å². The normalized spacial score (nSPS) is 22.9. The molecule has 1 amide bonds. The summed E-state index contributed by atoms with van der Waals surface area (Å²) in [6.07, 6.45) is 7.71. The Kier molecular flexibility index (Phi) is 5.30. The molecule has 0 saturated carbocycles. The Morgan fingerprint density at radius 1 is 1.19 bits per heavy atom. The molecule has 1 spiro atoms. The van der Waals surface area contributed by atoms with Gasteiger partial charge in [-0.05, 0) is 49.3 Å². The molecule has 0 N–H and O–H groups in total. The second-order valence-corrected chi connectivity index (χ2v) is 8.41. The van der Waals surface area contributed by atoms with Crippen molar-refractivity contribution in [3.05, 3.63) is 54.4 Å². The van der Waals surface area contributed by atoms with E-state index in [-0.39, 0.29) is 5.91 Å². The van der Waals surface area contributed by atoms with E-state index in [2.05, 4.69) is 52.3 Å². The Labute approximate surface area is 162 Å². The number of benzene rings is 1. The minimum absolute atomic E-state index is 0.268. The first kappa shape index (κ1) is 18.2. The van der Waals surface area contributed by atoms with E-state index in [1.54, 1.807) is 6.20 Å². The van der Waals surface area contributed by atoms with Gasteiger partial charge in [0.05, 0.1) is 0 Å². The number of amides is 1. The van der Waals surface area contributed by atoms with E-state index in [1.165, 1.54) is 12.0 Å². The van der Waals surface area contributed by atoms with Crippen LogP contribution in [0.3, 0.4) is 0 Å². The molecule has 5 nitrogen and oxygen atoms in total. The van der Waals surface area contributed by atoms with E-state index >= 15 is 0 Å². The van der Waals surface area contributed by atoms with Gasteiger partial charge < -0.3 is 9.80 Å². The first-order valence-corrected chi connectivity index (χ1v) is 10.1. The van der Waals surface area contributed by atoms with Gasteiger partial charge in [0, 0.05) is 51.5 Å². The number of hydrogen-bond acceptors (Lipinski definition) is 3. The number of rotatable bonds is 4. The third-order valence-corrected chi connectivity index (χ3v) is 6.38. The summed E-state index contributed by atoms with van der Waals surface area (Å²) in [5, 5.41) is 4.19. The molecule has 27 heavy (non-hydrogen) atoms. The highest BCUT2D eigenvalue weighted by Crippen LogP contribution is 2.44. The van der Waals surface area contributed by atoms with Gasteiger partial charge in [0.25, 0.3) is 0 Å². The summed E-state index contributed by atoms with van der Waals surface area (Å²) in [7, 11) is 2.25. The molecule has 144 valence electrons. The first-order valence-electron chi connectivity index (χ1n) is 10.1. The minimum Gasteiger partial charge on any atom is -0.343 e. The maximum atomic E-state index is 12.6. The van der Waals surface area contributed by atoms with Crippen LogP contribution < -0.4 is 0 Å². The second kappa shape index (κ2) is 7.85. The van der Waals surface area contributed by atoms with Crippen molar-refractivity contribution >= 4 is 5.91 Å². The summed E-state index contributed by atoms with van der Waals surface area (Å²) >= 11 is 0. The van der Waals surface area contributed by atoms with E-state index in [4.69, 9.17) is 0 Å². The second-order valence-electron chi connectivity index (χ2n) is 8.41. The highest BCUT2D eigenvalue weighted by Gasteiger charge is 2.41. The Hall–Kier alpha value is -2.14. The lowest BCUT2D eigenvalue weighted by Gasteiger charge is -2.49. The van der Waals surface area contributed by atoms with Gasteiger partial charge in [-0.15, -0.1) is 0 Å². The number of likely N-dealkylation sites (N-methyl/N-ethyl adjacent to an activating group) is 1. The van der Waals surface area contributed by atoms with Crippen LogP contribution in [0.2, 0.25) is 0 Å². The molecule has 5 heteroatoms. The Balaban J connectivity index is 1.35. The van der Waals surface area contributed by atoms with Crippen LogP contribution in [0, 0.1) is 5.41 Å². The standard InChI is InChI=1S/C22H30N4O/c1-24-17-20(19-6-3-2-4-7-19)16-22(18-24)9-14-25(15-10-22)21(27)8-13-26-12-5-11-23-26/h2-7,11-12,20H,8-10,13-18H2,1H3/t20-/m0/s1. The molecule has 0 aliphatic carbocycles. The number of carbonyl (C=O) groups excluding carboxylic acids is 1. The van der Waals surface area contributed by atoms with Gasteiger partial charge in [0.2, 0.25) is 5.91 Å². The summed E-state index contributed by atoms with van der Waals surface area (Å²) in [4.78, 5) is 17.2. The molecule has 0 bridgehead atoms. The molecule has 3 heterocycles. The van der Waals surface area contributed by atoms with Gasteiger partial charge in [-0.1, -0.05) is 30.3 Å². The lowest BCUT2D eigenvalue weighted by atomic mass is 9.68. The summed E-state index contributed by atoms with van der Waals surface area (Å²) < 4.78 is 1.84. The fourth-order valence-electron chi connectivity index (χ4n) is 5.01. The van der Waals surface area contributed by atoms with Crippen LogP contribution in [0.4, 0.5) is 0 Å². The summed E-state index contributed by atoms with van der Waals surface area (Å²) in [6.45, 7) is 4.76. The number of nitrogens with zero attached hydrogens (tertiary/aromatic N) is 4. The van der Waals surface area contributed by atoms with Crippen LogP contribution in [0.25, 0.3) is 0 Å². The molecular formula is C22H30N4O. The number of hydrogen-bond donors (Lipinski definition) is 0. The van der Waals surface area contributed by atoms with Crippen LogP contribution in [0.5, 0.6) is 0 Å². The van der Waals surface area contributed by atoms with Crippen molar-refractivity contribution in [1.29, 1.82) is 0 Å². The van der Waals surface area contributed by atoms with Crippen molar-refractivity contribution in [3.8, 4) is 0 Å². The van der Waals surface area contributed by atoms with E-state index in [0.29, 0.717) is 24.3 Å². The molecule has 2 aromatic rings. The van der Waals surface area contributed by atoms with E-state index < -0.39 is 0 Å². The summed E-state index contributed by atoms with van der Waals surface area (Å²) in [5.41, 5.74) is 1.81. The fraction of sp³-hybridized carbons (Fsp3) is 0.545. The smallest absolute Gasteiger partial charge is 0.224 e. The minimum atomic E-state index is 0.268. The first-order chi connectivity index (χ1) is 13.1.